The molecule has 1 aromatic rings. The van der Waals surface area contributed by atoms with Gasteiger partial charge < -0.3 is 5.32 Å². The lowest BCUT2D eigenvalue weighted by molar-refractivity contribution is -0.120. The first-order valence-corrected chi connectivity index (χ1v) is 7.34. The fraction of sp³-hybridized carbons (Fsp3) is 0.438. The summed E-state index contributed by atoms with van der Waals surface area (Å²) in [6.45, 7) is 4.05. The van der Waals surface area contributed by atoms with E-state index in [1.807, 2.05) is 13.0 Å². The normalized spacial score (nSPS) is 11.0. The summed E-state index contributed by atoms with van der Waals surface area (Å²) in [7, 11) is 0. The number of nitrogens with one attached hydrogen (secondary N) is 2. The van der Waals surface area contributed by atoms with Gasteiger partial charge in [0.15, 0.2) is 0 Å². The van der Waals surface area contributed by atoms with Gasteiger partial charge in [-0.1, -0.05) is 38.5 Å². The zero-order valence-electron chi connectivity index (χ0n) is 12.7. The van der Waals surface area contributed by atoms with Gasteiger partial charge in [0.1, 0.15) is 0 Å². The van der Waals surface area contributed by atoms with Crippen molar-refractivity contribution in [2.45, 2.75) is 39.5 Å². The van der Waals surface area contributed by atoms with Crippen LogP contribution < -0.4 is 10.7 Å². The number of rotatable bonds is 8. The van der Waals surface area contributed by atoms with Crippen molar-refractivity contribution in [1.82, 2.24) is 10.7 Å². The quantitative estimate of drug-likeness (QED) is 0.570. The third kappa shape index (κ3) is 6.70. The lowest BCUT2D eigenvalue weighted by atomic mass is 10.1. The summed E-state index contributed by atoms with van der Waals surface area (Å²) in [4.78, 5) is 23.4. The highest BCUT2D eigenvalue weighted by atomic mass is 16.2. The molecule has 0 fully saturated rings. The topological polar surface area (TPSA) is 70.6 Å². The Morgan fingerprint density at radius 2 is 1.86 bits per heavy atom. The summed E-state index contributed by atoms with van der Waals surface area (Å²) >= 11 is 0. The molecule has 2 amide bonds. The van der Waals surface area contributed by atoms with Crippen molar-refractivity contribution in [3.63, 3.8) is 0 Å². The Balaban J connectivity index is 2.37. The molecule has 0 atom stereocenters. The lowest BCUT2D eigenvalue weighted by Gasteiger charge is -2.06. The van der Waals surface area contributed by atoms with Gasteiger partial charge in [0.2, 0.25) is 0 Å². The van der Waals surface area contributed by atoms with E-state index in [0.29, 0.717) is 5.56 Å². The predicted molar refractivity (Wildman–Crippen MR) is 84.2 cm³/mol. The van der Waals surface area contributed by atoms with Crippen LogP contribution in [-0.2, 0) is 4.79 Å². The molecular formula is C16H23N3O2. The van der Waals surface area contributed by atoms with E-state index in [1.165, 1.54) is 0 Å². The lowest BCUT2D eigenvalue weighted by Crippen LogP contribution is -2.35. The van der Waals surface area contributed by atoms with Gasteiger partial charge in [-0.25, -0.2) is 5.43 Å². The van der Waals surface area contributed by atoms with E-state index >= 15 is 0 Å². The van der Waals surface area contributed by atoms with Crippen LogP contribution in [0.1, 0.15) is 49.9 Å². The molecular weight excluding hydrogens is 266 g/mol. The van der Waals surface area contributed by atoms with Gasteiger partial charge in [-0.3, -0.25) is 9.59 Å². The van der Waals surface area contributed by atoms with Crippen LogP contribution in [0.15, 0.2) is 35.4 Å². The molecule has 0 saturated heterocycles. The van der Waals surface area contributed by atoms with Crippen LogP contribution in [0.25, 0.3) is 0 Å². The molecule has 1 rings (SSSR count). The Bertz CT molecular complexity index is 484. The first-order valence-electron chi connectivity index (χ1n) is 7.34. The number of unbranched alkanes of at least 4 members (excludes halogenated alkanes) is 1. The van der Waals surface area contributed by atoms with Crippen LogP contribution in [0, 0.1) is 0 Å². The third-order valence-corrected chi connectivity index (χ3v) is 3.01. The highest BCUT2D eigenvalue weighted by Gasteiger charge is 2.07. The number of carbonyl (C=O) groups is 2. The van der Waals surface area contributed by atoms with Gasteiger partial charge in [-0.2, -0.15) is 5.10 Å². The minimum atomic E-state index is -0.318. The van der Waals surface area contributed by atoms with Crippen LogP contribution in [0.2, 0.25) is 0 Å². The smallest absolute Gasteiger partial charge is 0.259 e. The maximum Gasteiger partial charge on any atom is 0.259 e. The van der Waals surface area contributed by atoms with Gasteiger partial charge >= 0.3 is 0 Å². The molecule has 5 heteroatoms. The van der Waals surface area contributed by atoms with Crippen molar-refractivity contribution >= 4 is 17.5 Å². The molecule has 0 bridgehead atoms. The molecule has 0 spiro atoms. The number of benzene rings is 1. The number of hydrazone groups is 1. The number of hydrogen-bond donors (Lipinski definition) is 2. The van der Waals surface area contributed by atoms with Gasteiger partial charge in [-0.15, -0.1) is 0 Å². The van der Waals surface area contributed by atoms with E-state index < -0.39 is 0 Å². The SMILES string of the molecule is CCCC/C(CC)=N\NC(=O)CNC(=O)c1ccccc1. The first-order chi connectivity index (χ1) is 10.2. The summed E-state index contributed by atoms with van der Waals surface area (Å²) in [5, 5.41) is 6.66. The zero-order chi connectivity index (χ0) is 15.5. The molecule has 0 unspecified atom stereocenters. The molecule has 0 aliphatic carbocycles. The summed E-state index contributed by atoms with van der Waals surface area (Å²) in [5.41, 5.74) is 3.99. The Morgan fingerprint density at radius 3 is 2.48 bits per heavy atom. The van der Waals surface area contributed by atoms with E-state index in [4.69, 9.17) is 0 Å². The van der Waals surface area contributed by atoms with Crippen LogP contribution >= 0.6 is 0 Å². The molecule has 5 nitrogen and oxygen atoms in total. The molecule has 114 valence electrons. The van der Waals surface area contributed by atoms with Crippen molar-refractivity contribution in [2.75, 3.05) is 6.54 Å². The summed E-state index contributed by atoms with van der Waals surface area (Å²) in [6.07, 6.45) is 3.87. The standard InChI is InChI=1S/C16H23N3O2/c1-3-5-11-14(4-2)18-19-15(20)12-17-16(21)13-9-7-6-8-10-13/h6-10H,3-5,11-12H2,1-2H3,(H,17,21)(H,19,20)/b18-14-. The van der Waals surface area contributed by atoms with Crippen LogP contribution in [0.4, 0.5) is 0 Å². The zero-order valence-corrected chi connectivity index (χ0v) is 12.7. The van der Waals surface area contributed by atoms with Crippen LogP contribution in [-0.4, -0.2) is 24.1 Å². The van der Waals surface area contributed by atoms with E-state index in [0.717, 1.165) is 31.4 Å². The molecule has 0 aliphatic rings. The van der Waals surface area contributed by atoms with Gasteiger partial charge in [-0.05, 0) is 31.4 Å². The average molecular weight is 289 g/mol. The highest BCUT2D eigenvalue weighted by Crippen LogP contribution is 2.00. The summed E-state index contributed by atoms with van der Waals surface area (Å²) in [6, 6.07) is 8.79. The fourth-order valence-electron chi connectivity index (χ4n) is 1.73. The third-order valence-electron chi connectivity index (χ3n) is 3.01. The molecule has 2 N–H and O–H groups in total. The van der Waals surface area contributed by atoms with Crippen molar-refractivity contribution in [3.8, 4) is 0 Å². The fourth-order valence-corrected chi connectivity index (χ4v) is 1.73. The Hall–Kier alpha value is -2.17. The molecule has 1 aromatic carbocycles. The second-order valence-electron chi connectivity index (χ2n) is 4.72. The number of hydrogen-bond acceptors (Lipinski definition) is 3. The predicted octanol–water partition coefficient (Wildman–Crippen LogP) is 2.49. The Morgan fingerprint density at radius 1 is 1.14 bits per heavy atom. The molecule has 21 heavy (non-hydrogen) atoms. The summed E-state index contributed by atoms with van der Waals surface area (Å²) < 4.78 is 0. The van der Waals surface area contributed by atoms with Gasteiger partial charge in [0, 0.05) is 11.3 Å². The largest absolute Gasteiger partial charge is 0.343 e. The molecule has 0 radical (unpaired) electrons. The minimum absolute atomic E-state index is 0.0813. The van der Waals surface area contributed by atoms with Crippen molar-refractivity contribution in [3.05, 3.63) is 35.9 Å². The summed E-state index contributed by atoms with van der Waals surface area (Å²) in [5.74, 6) is -0.585. The van der Waals surface area contributed by atoms with E-state index in [1.54, 1.807) is 24.3 Å². The van der Waals surface area contributed by atoms with E-state index in [-0.39, 0.29) is 18.4 Å². The molecule has 0 aliphatic heterocycles. The van der Waals surface area contributed by atoms with Gasteiger partial charge in [0.05, 0.1) is 6.54 Å². The average Bonchev–Trinajstić information content (AvgIpc) is 2.53. The van der Waals surface area contributed by atoms with Crippen LogP contribution in [0.5, 0.6) is 0 Å². The van der Waals surface area contributed by atoms with E-state index in [9.17, 15) is 9.59 Å². The molecule has 0 aromatic heterocycles. The monoisotopic (exact) mass is 289 g/mol. The van der Waals surface area contributed by atoms with E-state index in [2.05, 4.69) is 22.8 Å². The molecule has 0 heterocycles. The van der Waals surface area contributed by atoms with Crippen molar-refractivity contribution < 1.29 is 9.59 Å². The number of nitrogens with zero attached hydrogens (tertiary/aromatic N) is 1. The molecule has 0 saturated carbocycles. The van der Waals surface area contributed by atoms with Crippen molar-refractivity contribution in [2.24, 2.45) is 5.10 Å². The number of amides is 2. The Labute approximate surface area is 125 Å². The van der Waals surface area contributed by atoms with Crippen molar-refractivity contribution in [1.29, 1.82) is 0 Å². The highest BCUT2D eigenvalue weighted by molar-refractivity contribution is 5.96. The Kier molecular flexibility index (Phi) is 7.79. The first kappa shape index (κ1) is 16.9. The second-order valence-corrected chi connectivity index (χ2v) is 4.72. The second kappa shape index (κ2) is 9.69. The number of carbonyl (C=O) groups excluding carboxylic acids is 2. The maximum absolute atomic E-state index is 11.8. The maximum atomic E-state index is 11.8. The minimum Gasteiger partial charge on any atom is -0.343 e. The van der Waals surface area contributed by atoms with Gasteiger partial charge in [0.25, 0.3) is 11.8 Å². The van der Waals surface area contributed by atoms with Crippen LogP contribution in [0.3, 0.4) is 0 Å².